The van der Waals surface area contributed by atoms with Crippen LogP contribution in [0.1, 0.15) is 17.7 Å². The number of hydrogen-bond donors (Lipinski definition) is 0. The number of rotatable bonds is 7. The Morgan fingerprint density at radius 3 is 2.25 bits per heavy atom. The lowest BCUT2D eigenvalue weighted by atomic mass is 10.1. The van der Waals surface area contributed by atoms with Gasteiger partial charge >= 0.3 is 0 Å². The van der Waals surface area contributed by atoms with Gasteiger partial charge in [0.1, 0.15) is 11.6 Å². The molecule has 0 radical (unpaired) electrons. The van der Waals surface area contributed by atoms with Crippen LogP contribution in [0.4, 0.5) is 8.78 Å². The zero-order valence-corrected chi connectivity index (χ0v) is 16.5. The first-order valence-corrected chi connectivity index (χ1v) is 9.10. The summed E-state index contributed by atoms with van der Waals surface area (Å²) >= 11 is 1.13. The molecule has 0 spiro atoms. The Hall–Kier alpha value is -2.81. The number of ether oxygens (including phenoxy) is 3. The van der Waals surface area contributed by atoms with Crippen LogP contribution < -0.4 is 14.2 Å². The number of halogens is 2. The van der Waals surface area contributed by atoms with Gasteiger partial charge in [0.2, 0.25) is 11.6 Å². The normalized spacial score (nSPS) is 11.9. The monoisotopic (exact) mass is 408 g/mol. The van der Waals surface area contributed by atoms with Gasteiger partial charge < -0.3 is 18.6 Å². The van der Waals surface area contributed by atoms with Crippen LogP contribution in [0, 0.1) is 11.6 Å². The van der Waals surface area contributed by atoms with E-state index in [0.717, 1.165) is 30.0 Å². The highest BCUT2D eigenvalue weighted by atomic mass is 32.2. The maximum absolute atomic E-state index is 13.9. The van der Waals surface area contributed by atoms with Crippen LogP contribution in [-0.4, -0.2) is 31.5 Å². The molecule has 0 fully saturated rings. The summed E-state index contributed by atoms with van der Waals surface area (Å²) in [6, 6.07) is 6.68. The molecule has 0 N–H and O–H groups in total. The Balaban J connectivity index is 1.87. The van der Waals surface area contributed by atoms with Crippen molar-refractivity contribution in [3.63, 3.8) is 0 Å². The SMILES string of the molecule is COc1cc(-c2nnc(SC(C)c3cc(F)ccc3F)o2)cc(OC)c1OC. The van der Waals surface area contributed by atoms with E-state index in [0.29, 0.717) is 22.8 Å². The van der Waals surface area contributed by atoms with E-state index >= 15 is 0 Å². The minimum Gasteiger partial charge on any atom is -0.493 e. The van der Waals surface area contributed by atoms with Gasteiger partial charge in [-0.25, -0.2) is 8.78 Å². The molecule has 1 atom stereocenters. The fourth-order valence-corrected chi connectivity index (χ4v) is 3.44. The van der Waals surface area contributed by atoms with Gasteiger partial charge in [0.15, 0.2) is 11.5 Å². The van der Waals surface area contributed by atoms with E-state index in [4.69, 9.17) is 18.6 Å². The van der Waals surface area contributed by atoms with E-state index in [2.05, 4.69) is 10.2 Å². The summed E-state index contributed by atoms with van der Waals surface area (Å²) in [6.07, 6.45) is 0. The quantitative estimate of drug-likeness (QED) is 0.516. The molecule has 1 heterocycles. The standard InChI is InChI=1S/C19H18F2N2O4S/c1-10(13-9-12(20)5-6-14(13)21)28-19-23-22-18(27-19)11-7-15(24-2)17(26-4)16(8-11)25-3/h5-10H,1-4H3. The molecule has 1 unspecified atom stereocenters. The molecule has 1 aromatic heterocycles. The first kappa shape index (κ1) is 19.9. The van der Waals surface area contributed by atoms with Crippen molar-refractivity contribution in [3.8, 4) is 28.7 Å². The fraction of sp³-hybridized carbons (Fsp3) is 0.263. The van der Waals surface area contributed by atoms with E-state index in [1.165, 1.54) is 21.3 Å². The predicted octanol–water partition coefficient (Wildman–Crippen LogP) is 4.89. The van der Waals surface area contributed by atoms with Crippen molar-refractivity contribution >= 4 is 11.8 Å². The molecule has 0 saturated carbocycles. The average Bonchev–Trinajstić information content (AvgIpc) is 3.16. The van der Waals surface area contributed by atoms with Crippen molar-refractivity contribution in [3.05, 3.63) is 47.5 Å². The average molecular weight is 408 g/mol. The summed E-state index contributed by atoms with van der Waals surface area (Å²) in [7, 11) is 4.52. The molecule has 0 aliphatic rings. The smallest absolute Gasteiger partial charge is 0.277 e. The molecular formula is C19H18F2N2O4S. The summed E-state index contributed by atoms with van der Waals surface area (Å²) in [5, 5.41) is 7.80. The Labute approximate surface area is 164 Å². The van der Waals surface area contributed by atoms with Gasteiger partial charge in [0, 0.05) is 16.4 Å². The van der Waals surface area contributed by atoms with Gasteiger partial charge in [-0.3, -0.25) is 0 Å². The highest BCUT2D eigenvalue weighted by molar-refractivity contribution is 7.99. The second-order valence-corrected chi connectivity index (χ2v) is 7.01. The van der Waals surface area contributed by atoms with E-state index in [9.17, 15) is 8.78 Å². The van der Waals surface area contributed by atoms with E-state index < -0.39 is 16.9 Å². The van der Waals surface area contributed by atoms with Gasteiger partial charge in [-0.2, -0.15) is 0 Å². The van der Waals surface area contributed by atoms with Gasteiger partial charge in [-0.1, -0.05) is 11.8 Å². The Morgan fingerprint density at radius 1 is 0.964 bits per heavy atom. The minimum atomic E-state index is -0.507. The lowest BCUT2D eigenvalue weighted by Crippen LogP contribution is -1.95. The van der Waals surface area contributed by atoms with E-state index in [1.54, 1.807) is 19.1 Å². The Kier molecular flexibility index (Phi) is 6.03. The van der Waals surface area contributed by atoms with Crippen LogP contribution in [0.3, 0.4) is 0 Å². The fourth-order valence-electron chi connectivity index (χ4n) is 2.62. The first-order chi connectivity index (χ1) is 13.5. The topological polar surface area (TPSA) is 66.6 Å². The minimum absolute atomic E-state index is 0.220. The molecule has 28 heavy (non-hydrogen) atoms. The number of aromatic nitrogens is 2. The second kappa shape index (κ2) is 8.47. The van der Waals surface area contributed by atoms with Crippen molar-refractivity contribution in [1.29, 1.82) is 0 Å². The maximum atomic E-state index is 13.9. The van der Waals surface area contributed by atoms with E-state index in [1.807, 2.05) is 0 Å². The third-order valence-electron chi connectivity index (χ3n) is 3.99. The molecule has 0 bridgehead atoms. The van der Waals surface area contributed by atoms with Crippen LogP contribution in [0.5, 0.6) is 17.2 Å². The van der Waals surface area contributed by atoms with Crippen LogP contribution in [-0.2, 0) is 0 Å². The zero-order chi connectivity index (χ0) is 20.3. The lowest BCUT2D eigenvalue weighted by Gasteiger charge is -2.12. The van der Waals surface area contributed by atoms with Gasteiger partial charge in [-0.05, 0) is 37.3 Å². The third-order valence-corrected chi connectivity index (χ3v) is 4.97. The molecule has 0 aliphatic heterocycles. The second-order valence-electron chi connectivity index (χ2n) is 5.71. The van der Waals surface area contributed by atoms with Crippen molar-refractivity contribution in [2.45, 2.75) is 17.4 Å². The molecule has 2 aromatic carbocycles. The molecule has 6 nitrogen and oxygen atoms in total. The molecular weight excluding hydrogens is 390 g/mol. The van der Waals surface area contributed by atoms with Gasteiger partial charge in [-0.15, -0.1) is 10.2 Å². The Bertz CT molecular complexity index is 955. The number of thioether (sulfide) groups is 1. The molecule has 3 aromatic rings. The molecule has 148 valence electrons. The van der Waals surface area contributed by atoms with Crippen molar-refractivity contribution in [2.75, 3.05) is 21.3 Å². The largest absolute Gasteiger partial charge is 0.493 e. The predicted molar refractivity (Wildman–Crippen MR) is 100 cm³/mol. The highest BCUT2D eigenvalue weighted by Crippen LogP contribution is 2.42. The first-order valence-electron chi connectivity index (χ1n) is 8.22. The van der Waals surface area contributed by atoms with Crippen LogP contribution in [0.15, 0.2) is 40.0 Å². The summed E-state index contributed by atoms with van der Waals surface area (Å²) < 4.78 is 49.0. The molecule has 9 heteroatoms. The summed E-state index contributed by atoms with van der Waals surface area (Å²) in [5.41, 5.74) is 0.788. The summed E-state index contributed by atoms with van der Waals surface area (Å²) in [5.74, 6) is 0.559. The number of benzene rings is 2. The molecule has 0 saturated heterocycles. The third kappa shape index (κ3) is 4.04. The molecule has 0 amide bonds. The lowest BCUT2D eigenvalue weighted by molar-refractivity contribution is 0.324. The van der Waals surface area contributed by atoms with Crippen molar-refractivity contribution in [2.24, 2.45) is 0 Å². The van der Waals surface area contributed by atoms with E-state index in [-0.39, 0.29) is 16.7 Å². The number of hydrogen-bond acceptors (Lipinski definition) is 7. The molecule has 0 aliphatic carbocycles. The number of methoxy groups -OCH3 is 3. The summed E-state index contributed by atoms with van der Waals surface area (Å²) in [6.45, 7) is 1.73. The van der Waals surface area contributed by atoms with Crippen molar-refractivity contribution < 1.29 is 27.4 Å². The summed E-state index contributed by atoms with van der Waals surface area (Å²) in [4.78, 5) is 0. The highest BCUT2D eigenvalue weighted by Gasteiger charge is 2.20. The van der Waals surface area contributed by atoms with Gasteiger partial charge in [0.05, 0.1) is 21.3 Å². The Morgan fingerprint density at radius 2 is 1.64 bits per heavy atom. The zero-order valence-electron chi connectivity index (χ0n) is 15.7. The maximum Gasteiger partial charge on any atom is 0.277 e. The van der Waals surface area contributed by atoms with Crippen LogP contribution in [0.2, 0.25) is 0 Å². The van der Waals surface area contributed by atoms with Crippen LogP contribution >= 0.6 is 11.8 Å². The van der Waals surface area contributed by atoms with Crippen LogP contribution in [0.25, 0.3) is 11.5 Å². The van der Waals surface area contributed by atoms with Gasteiger partial charge in [0.25, 0.3) is 5.22 Å². The number of nitrogens with zero attached hydrogens (tertiary/aromatic N) is 2. The van der Waals surface area contributed by atoms with Crippen molar-refractivity contribution in [1.82, 2.24) is 10.2 Å². The molecule has 3 rings (SSSR count).